The molecule has 0 bridgehead atoms. The molecule has 0 radical (unpaired) electrons. The number of para-hydroxylation sites is 1. The highest BCUT2D eigenvalue weighted by Crippen LogP contribution is 2.27. The van der Waals surface area contributed by atoms with Gasteiger partial charge in [-0.25, -0.2) is 4.98 Å². The minimum Gasteiger partial charge on any atom is -0.464 e. The van der Waals surface area contributed by atoms with Crippen LogP contribution >= 0.6 is 0 Å². The lowest BCUT2D eigenvalue weighted by Gasteiger charge is -2.02. The molecule has 3 aromatic rings. The SMILES string of the molecule is CNCc1cc(=O)[nH]c(-c2coc3ccccc23)n1. The Morgan fingerprint density at radius 1 is 1.37 bits per heavy atom. The summed E-state index contributed by atoms with van der Waals surface area (Å²) in [4.78, 5) is 18.8. The quantitative estimate of drug-likeness (QED) is 0.750. The topological polar surface area (TPSA) is 70.9 Å². The molecule has 2 aromatic heterocycles. The van der Waals surface area contributed by atoms with Crippen molar-refractivity contribution in [3.05, 3.63) is 52.6 Å². The molecule has 2 heterocycles. The summed E-state index contributed by atoms with van der Waals surface area (Å²) in [7, 11) is 1.82. The minimum absolute atomic E-state index is 0.166. The maximum absolute atomic E-state index is 11.7. The number of aromatic amines is 1. The smallest absolute Gasteiger partial charge is 0.251 e. The van der Waals surface area contributed by atoms with Crippen molar-refractivity contribution >= 4 is 11.0 Å². The van der Waals surface area contributed by atoms with E-state index >= 15 is 0 Å². The van der Waals surface area contributed by atoms with E-state index in [2.05, 4.69) is 15.3 Å². The van der Waals surface area contributed by atoms with E-state index in [0.717, 1.165) is 16.5 Å². The molecule has 96 valence electrons. The monoisotopic (exact) mass is 255 g/mol. The van der Waals surface area contributed by atoms with Gasteiger partial charge in [0.1, 0.15) is 17.7 Å². The Balaban J connectivity index is 2.18. The zero-order chi connectivity index (χ0) is 13.2. The van der Waals surface area contributed by atoms with Crippen molar-refractivity contribution in [1.82, 2.24) is 15.3 Å². The molecule has 0 atom stereocenters. The molecule has 0 unspecified atom stereocenters. The molecule has 0 amide bonds. The first-order chi connectivity index (χ1) is 9.28. The van der Waals surface area contributed by atoms with Crippen molar-refractivity contribution < 1.29 is 4.42 Å². The van der Waals surface area contributed by atoms with Gasteiger partial charge in [-0.1, -0.05) is 18.2 Å². The van der Waals surface area contributed by atoms with Crippen LogP contribution in [0.1, 0.15) is 5.69 Å². The number of hydrogen-bond donors (Lipinski definition) is 2. The van der Waals surface area contributed by atoms with Gasteiger partial charge in [-0.05, 0) is 13.1 Å². The van der Waals surface area contributed by atoms with Crippen LogP contribution in [0.25, 0.3) is 22.4 Å². The molecule has 1 aromatic carbocycles. The summed E-state index contributed by atoms with van der Waals surface area (Å²) in [5.74, 6) is 0.530. The molecule has 2 N–H and O–H groups in total. The van der Waals surface area contributed by atoms with Gasteiger partial charge in [0, 0.05) is 18.0 Å². The first-order valence-electron chi connectivity index (χ1n) is 5.99. The number of aromatic nitrogens is 2. The van der Waals surface area contributed by atoms with E-state index in [-0.39, 0.29) is 5.56 Å². The van der Waals surface area contributed by atoms with Gasteiger partial charge in [-0.3, -0.25) is 4.79 Å². The second kappa shape index (κ2) is 4.70. The summed E-state index contributed by atoms with van der Waals surface area (Å²) >= 11 is 0. The molecule has 0 aliphatic heterocycles. The fourth-order valence-electron chi connectivity index (χ4n) is 2.07. The summed E-state index contributed by atoms with van der Waals surface area (Å²) in [6.45, 7) is 0.548. The molecule has 5 nitrogen and oxygen atoms in total. The molecule has 0 spiro atoms. The van der Waals surface area contributed by atoms with Gasteiger partial charge in [-0.2, -0.15) is 0 Å². The van der Waals surface area contributed by atoms with Crippen LogP contribution in [0, 0.1) is 0 Å². The van der Waals surface area contributed by atoms with Crippen molar-refractivity contribution in [2.75, 3.05) is 7.05 Å². The van der Waals surface area contributed by atoms with E-state index in [1.165, 1.54) is 6.07 Å². The number of hydrogen-bond acceptors (Lipinski definition) is 4. The van der Waals surface area contributed by atoms with Gasteiger partial charge < -0.3 is 14.7 Å². The molecule has 0 saturated heterocycles. The van der Waals surface area contributed by atoms with Gasteiger partial charge in [0.05, 0.1) is 11.3 Å². The minimum atomic E-state index is -0.166. The standard InChI is InChI=1S/C14H13N3O2/c1-15-7-9-6-13(18)17-14(16-9)11-8-19-12-5-3-2-4-10(11)12/h2-6,8,15H,7H2,1H3,(H,16,17,18). The highest BCUT2D eigenvalue weighted by atomic mass is 16.3. The van der Waals surface area contributed by atoms with Crippen LogP contribution in [0.2, 0.25) is 0 Å². The van der Waals surface area contributed by atoms with Gasteiger partial charge in [0.25, 0.3) is 5.56 Å². The van der Waals surface area contributed by atoms with Crippen molar-refractivity contribution in [3.63, 3.8) is 0 Å². The second-order valence-electron chi connectivity index (χ2n) is 4.26. The number of H-pyrrole nitrogens is 1. The Labute approximate surface area is 109 Å². The fourth-order valence-corrected chi connectivity index (χ4v) is 2.07. The predicted molar refractivity (Wildman–Crippen MR) is 72.8 cm³/mol. The predicted octanol–water partition coefficient (Wildman–Crippen LogP) is 1.90. The molecule has 5 heteroatoms. The van der Waals surface area contributed by atoms with E-state index in [1.54, 1.807) is 6.26 Å². The van der Waals surface area contributed by atoms with E-state index in [9.17, 15) is 4.79 Å². The highest BCUT2D eigenvalue weighted by molar-refractivity contribution is 5.91. The van der Waals surface area contributed by atoms with E-state index in [1.807, 2.05) is 31.3 Å². The fraction of sp³-hybridized carbons (Fsp3) is 0.143. The molecular weight excluding hydrogens is 242 g/mol. The van der Waals surface area contributed by atoms with E-state index in [0.29, 0.717) is 18.1 Å². The second-order valence-corrected chi connectivity index (χ2v) is 4.26. The van der Waals surface area contributed by atoms with E-state index < -0.39 is 0 Å². The Bertz CT molecular complexity index is 773. The zero-order valence-corrected chi connectivity index (χ0v) is 10.4. The number of rotatable bonds is 3. The highest BCUT2D eigenvalue weighted by Gasteiger charge is 2.10. The Kier molecular flexibility index (Phi) is 2.89. The van der Waals surface area contributed by atoms with Gasteiger partial charge in [0.15, 0.2) is 0 Å². The molecular formula is C14H13N3O2. The van der Waals surface area contributed by atoms with Crippen LogP contribution in [0.3, 0.4) is 0 Å². The van der Waals surface area contributed by atoms with Gasteiger partial charge >= 0.3 is 0 Å². The number of benzene rings is 1. The third kappa shape index (κ3) is 2.15. The Morgan fingerprint density at radius 2 is 2.21 bits per heavy atom. The van der Waals surface area contributed by atoms with Crippen LogP contribution in [-0.2, 0) is 6.54 Å². The molecule has 0 aliphatic carbocycles. The lowest BCUT2D eigenvalue weighted by atomic mass is 10.1. The van der Waals surface area contributed by atoms with Crippen molar-refractivity contribution in [2.45, 2.75) is 6.54 Å². The van der Waals surface area contributed by atoms with Crippen LogP contribution in [0.5, 0.6) is 0 Å². The van der Waals surface area contributed by atoms with E-state index in [4.69, 9.17) is 4.42 Å². The normalized spacial score (nSPS) is 11.0. The average Bonchev–Trinajstić information content (AvgIpc) is 2.82. The van der Waals surface area contributed by atoms with Crippen molar-refractivity contribution in [2.24, 2.45) is 0 Å². The van der Waals surface area contributed by atoms with Crippen molar-refractivity contribution in [1.29, 1.82) is 0 Å². The van der Waals surface area contributed by atoms with Gasteiger partial charge in [0.2, 0.25) is 0 Å². The number of nitrogens with zero attached hydrogens (tertiary/aromatic N) is 1. The molecule has 0 saturated carbocycles. The van der Waals surface area contributed by atoms with Crippen LogP contribution in [0.4, 0.5) is 0 Å². The third-order valence-electron chi connectivity index (χ3n) is 2.89. The van der Waals surface area contributed by atoms with Crippen molar-refractivity contribution in [3.8, 4) is 11.4 Å². The average molecular weight is 255 g/mol. The molecule has 0 aliphatic rings. The Hall–Kier alpha value is -2.40. The molecule has 19 heavy (non-hydrogen) atoms. The van der Waals surface area contributed by atoms with Crippen LogP contribution in [0.15, 0.2) is 45.8 Å². The maximum Gasteiger partial charge on any atom is 0.251 e. The maximum atomic E-state index is 11.7. The third-order valence-corrected chi connectivity index (χ3v) is 2.89. The lowest BCUT2D eigenvalue weighted by molar-refractivity contribution is 0.616. The zero-order valence-electron chi connectivity index (χ0n) is 10.4. The number of nitrogens with one attached hydrogen (secondary N) is 2. The largest absolute Gasteiger partial charge is 0.464 e. The summed E-state index contributed by atoms with van der Waals surface area (Å²) in [6, 6.07) is 9.15. The first-order valence-corrected chi connectivity index (χ1v) is 5.99. The lowest BCUT2D eigenvalue weighted by Crippen LogP contribution is -2.14. The first kappa shape index (κ1) is 11.7. The summed E-state index contributed by atoms with van der Waals surface area (Å²) in [5, 5.41) is 3.92. The molecule has 0 fully saturated rings. The summed E-state index contributed by atoms with van der Waals surface area (Å²) in [6.07, 6.45) is 1.62. The van der Waals surface area contributed by atoms with Crippen LogP contribution < -0.4 is 10.9 Å². The summed E-state index contributed by atoms with van der Waals surface area (Å²) < 4.78 is 5.47. The number of furan rings is 1. The number of fused-ring (bicyclic) bond motifs is 1. The van der Waals surface area contributed by atoms with Crippen LogP contribution in [-0.4, -0.2) is 17.0 Å². The summed E-state index contributed by atoms with van der Waals surface area (Å²) in [5.41, 5.74) is 2.11. The van der Waals surface area contributed by atoms with Gasteiger partial charge in [-0.15, -0.1) is 0 Å². The Morgan fingerprint density at radius 3 is 3.05 bits per heavy atom. The molecule has 3 rings (SSSR count).